The zero-order valence-corrected chi connectivity index (χ0v) is 16.0. The second kappa shape index (κ2) is 7.36. The Kier molecular flexibility index (Phi) is 4.77. The van der Waals surface area contributed by atoms with E-state index in [4.69, 9.17) is 9.15 Å². The highest BCUT2D eigenvalue weighted by Gasteiger charge is 2.09. The molecule has 138 valence electrons. The van der Waals surface area contributed by atoms with Gasteiger partial charge in [0.05, 0.1) is 11.9 Å². The first-order chi connectivity index (χ1) is 13.1. The summed E-state index contributed by atoms with van der Waals surface area (Å²) in [5.74, 6) is 0.648. The zero-order chi connectivity index (χ0) is 18.8. The van der Waals surface area contributed by atoms with E-state index in [0.29, 0.717) is 17.9 Å². The van der Waals surface area contributed by atoms with Gasteiger partial charge in [0.1, 0.15) is 22.9 Å². The minimum absolute atomic E-state index is 0.330. The topological polar surface area (TPSA) is 70.2 Å². The Hall–Kier alpha value is -2.93. The number of aromatic nitrogens is 3. The average Bonchev–Trinajstić information content (AvgIpc) is 3.28. The summed E-state index contributed by atoms with van der Waals surface area (Å²) in [6.07, 6.45) is 5.55. The van der Waals surface area contributed by atoms with Gasteiger partial charge in [0.25, 0.3) is 0 Å². The Bertz CT molecular complexity index is 1140. The number of ether oxygens (including phenoxy) is 1. The molecule has 0 aliphatic carbocycles. The van der Waals surface area contributed by atoms with Crippen LogP contribution in [0.5, 0.6) is 5.75 Å². The van der Waals surface area contributed by atoms with Crippen LogP contribution in [0.2, 0.25) is 0 Å². The van der Waals surface area contributed by atoms with Crippen LogP contribution in [-0.4, -0.2) is 14.8 Å². The Morgan fingerprint density at radius 1 is 1.30 bits per heavy atom. The van der Waals surface area contributed by atoms with Crippen molar-refractivity contribution in [3.05, 3.63) is 63.7 Å². The maximum atomic E-state index is 11.8. The molecule has 3 heterocycles. The molecule has 3 aromatic heterocycles. The molecular weight excluding hydrogens is 362 g/mol. The molecule has 0 aliphatic heterocycles. The van der Waals surface area contributed by atoms with Crippen molar-refractivity contribution in [2.24, 2.45) is 7.05 Å². The molecule has 27 heavy (non-hydrogen) atoms. The summed E-state index contributed by atoms with van der Waals surface area (Å²) < 4.78 is 13.0. The van der Waals surface area contributed by atoms with Crippen molar-refractivity contribution in [1.29, 1.82) is 0 Å². The molecule has 0 unspecified atom stereocenters. The summed E-state index contributed by atoms with van der Waals surface area (Å²) in [6.45, 7) is 2.44. The maximum Gasteiger partial charge on any atom is 0.336 e. The molecule has 0 N–H and O–H groups in total. The van der Waals surface area contributed by atoms with Crippen molar-refractivity contribution >= 4 is 22.3 Å². The number of hydrogen-bond acceptors (Lipinski definition) is 6. The first-order valence-corrected chi connectivity index (χ1v) is 9.63. The first-order valence-electron chi connectivity index (χ1n) is 8.75. The van der Waals surface area contributed by atoms with Crippen molar-refractivity contribution in [2.45, 2.75) is 26.4 Å². The lowest BCUT2D eigenvalue weighted by Gasteiger charge is -2.07. The Labute approximate surface area is 160 Å². The molecule has 1 aromatic carbocycles. The van der Waals surface area contributed by atoms with Gasteiger partial charge in [-0.2, -0.15) is 5.10 Å². The van der Waals surface area contributed by atoms with Gasteiger partial charge in [-0.3, -0.25) is 4.68 Å². The number of rotatable bonds is 6. The third-order valence-electron chi connectivity index (χ3n) is 4.21. The Balaban J connectivity index is 1.52. The van der Waals surface area contributed by atoms with Gasteiger partial charge in [-0.1, -0.05) is 13.3 Å². The van der Waals surface area contributed by atoms with Gasteiger partial charge in [0.15, 0.2) is 0 Å². The summed E-state index contributed by atoms with van der Waals surface area (Å²) in [4.78, 5) is 16.4. The van der Waals surface area contributed by atoms with E-state index in [9.17, 15) is 4.79 Å². The fraction of sp³-hybridized carbons (Fsp3) is 0.250. The highest BCUT2D eigenvalue weighted by molar-refractivity contribution is 7.13. The minimum Gasteiger partial charge on any atom is -0.487 e. The third-order valence-corrected chi connectivity index (χ3v) is 5.15. The van der Waals surface area contributed by atoms with E-state index in [0.717, 1.165) is 40.1 Å². The highest BCUT2D eigenvalue weighted by Crippen LogP contribution is 2.26. The van der Waals surface area contributed by atoms with E-state index in [1.807, 2.05) is 30.8 Å². The minimum atomic E-state index is -0.330. The lowest BCUT2D eigenvalue weighted by atomic mass is 10.1. The van der Waals surface area contributed by atoms with E-state index in [2.05, 4.69) is 17.0 Å². The van der Waals surface area contributed by atoms with Crippen molar-refractivity contribution in [3.63, 3.8) is 0 Å². The average molecular weight is 381 g/mol. The number of hydrogen-bond donors (Lipinski definition) is 0. The van der Waals surface area contributed by atoms with Crippen LogP contribution >= 0.6 is 11.3 Å². The second-order valence-corrected chi connectivity index (χ2v) is 7.19. The molecule has 0 aliphatic rings. The van der Waals surface area contributed by atoms with E-state index < -0.39 is 0 Å². The SMILES string of the molecule is CCCc1cc(=O)oc2cc(OCc3csc(-c4cnn(C)c4)n3)ccc12. The van der Waals surface area contributed by atoms with Gasteiger partial charge in [-0.05, 0) is 24.1 Å². The standard InChI is InChI=1S/C20H19N3O3S/c1-3-4-13-7-19(24)26-18-8-16(5-6-17(13)18)25-11-15-12-27-20(22-15)14-9-21-23(2)10-14/h5-10,12H,3-4,11H2,1-2H3. The molecule has 0 amide bonds. The molecule has 4 aromatic rings. The van der Waals surface area contributed by atoms with Gasteiger partial charge in [0.2, 0.25) is 0 Å². The monoisotopic (exact) mass is 381 g/mol. The van der Waals surface area contributed by atoms with Crippen LogP contribution in [0, 0.1) is 0 Å². The summed E-state index contributed by atoms with van der Waals surface area (Å²) in [5, 5.41) is 8.01. The molecule has 0 atom stereocenters. The van der Waals surface area contributed by atoms with Crippen molar-refractivity contribution in [1.82, 2.24) is 14.8 Å². The van der Waals surface area contributed by atoms with Crippen LogP contribution in [-0.2, 0) is 20.1 Å². The lowest BCUT2D eigenvalue weighted by molar-refractivity contribution is 0.302. The highest BCUT2D eigenvalue weighted by atomic mass is 32.1. The molecule has 0 radical (unpaired) electrons. The van der Waals surface area contributed by atoms with Crippen LogP contribution in [0.25, 0.3) is 21.5 Å². The quantitative estimate of drug-likeness (QED) is 0.469. The fourth-order valence-electron chi connectivity index (χ4n) is 2.97. The van der Waals surface area contributed by atoms with E-state index in [1.165, 1.54) is 0 Å². The van der Waals surface area contributed by atoms with Crippen LogP contribution < -0.4 is 10.4 Å². The molecule has 0 fully saturated rings. The normalized spacial score (nSPS) is 11.2. The molecule has 0 bridgehead atoms. The van der Waals surface area contributed by atoms with Crippen LogP contribution in [0.15, 0.2) is 51.3 Å². The molecule has 0 saturated heterocycles. The predicted octanol–water partition coefficient (Wildman–Crippen LogP) is 4.18. The number of thiazole rings is 1. The van der Waals surface area contributed by atoms with Crippen LogP contribution in [0.4, 0.5) is 0 Å². The first kappa shape index (κ1) is 17.5. The second-order valence-electron chi connectivity index (χ2n) is 6.33. The largest absolute Gasteiger partial charge is 0.487 e. The molecule has 4 rings (SSSR count). The maximum absolute atomic E-state index is 11.8. The van der Waals surface area contributed by atoms with Gasteiger partial charge in [0, 0.05) is 41.7 Å². The number of nitrogens with zero attached hydrogens (tertiary/aromatic N) is 3. The Morgan fingerprint density at radius 2 is 2.19 bits per heavy atom. The molecule has 6 nitrogen and oxygen atoms in total. The lowest BCUT2D eigenvalue weighted by Crippen LogP contribution is -2.01. The molecule has 7 heteroatoms. The van der Waals surface area contributed by atoms with E-state index in [1.54, 1.807) is 34.3 Å². The van der Waals surface area contributed by atoms with Crippen molar-refractivity contribution in [3.8, 4) is 16.3 Å². The fourth-order valence-corrected chi connectivity index (χ4v) is 3.75. The van der Waals surface area contributed by atoms with Crippen molar-refractivity contribution in [2.75, 3.05) is 0 Å². The van der Waals surface area contributed by atoms with Crippen LogP contribution in [0.1, 0.15) is 24.6 Å². The summed E-state index contributed by atoms with van der Waals surface area (Å²) in [6, 6.07) is 7.18. The predicted molar refractivity (Wildman–Crippen MR) is 105 cm³/mol. The Morgan fingerprint density at radius 3 is 2.96 bits per heavy atom. The van der Waals surface area contributed by atoms with Gasteiger partial charge >= 0.3 is 5.63 Å². The van der Waals surface area contributed by atoms with Gasteiger partial charge in [-0.25, -0.2) is 9.78 Å². The zero-order valence-electron chi connectivity index (χ0n) is 15.1. The molecule has 0 spiro atoms. The smallest absolute Gasteiger partial charge is 0.336 e. The van der Waals surface area contributed by atoms with Gasteiger partial charge in [-0.15, -0.1) is 11.3 Å². The number of benzene rings is 1. The number of aryl methyl sites for hydroxylation is 2. The third kappa shape index (κ3) is 3.78. The molecule has 0 saturated carbocycles. The summed E-state index contributed by atoms with van der Waals surface area (Å²) >= 11 is 1.56. The van der Waals surface area contributed by atoms with Crippen LogP contribution in [0.3, 0.4) is 0 Å². The number of fused-ring (bicyclic) bond motifs is 1. The molecular formula is C20H19N3O3S. The summed E-state index contributed by atoms with van der Waals surface area (Å²) in [5.41, 5.74) is 3.07. The van der Waals surface area contributed by atoms with E-state index in [-0.39, 0.29) is 5.63 Å². The van der Waals surface area contributed by atoms with Crippen molar-refractivity contribution < 1.29 is 9.15 Å². The summed E-state index contributed by atoms with van der Waals surface area (Å²) in [7, 11) is 1.88. The van der Waals surface area contributed by atoms with E-state index >= 15 is 0 Å². The van der Waals surface area contributed by atoms with Gasteiger partial charge < -0.3 is 9.15 Å².